The van der Waals surface area contributed by atoms with Gasteiger partial charge in [-0.25, -0.2) is 9.02 Å². The molecule has 4 aromatic carbocycles. The molecule has 7 rings (SSSR count). The van der Waals surface area contributed by atoms with E-state index in [1.54, 1.807) is 17.4 Å². The summed E-state index contributed by atoms with van der Waals surface area (Å²) in [6.45, 7) is 9.08. The molecule has 0 spiro atoms. The number of aromatic nitrogens is 2. The Morgan fingerprint density at radius 2 is 1.31 bits per heavy atom. The summed E-state index contributed by atoms with van der Waals surface area (Å²) < 4.78 is 30.3. The molecule has 2 aromatic heterocycles. The van der Waals surface area contributed by atoms with Gasteiger partial charge < -0.3 is 0 Å². The Morgan fingerprint density at radius 1 is 0.667 bits per heavy atom. The van der Waals surface area contributed by atoms with E-state index in [-0.39, 0.29) is 5.82 Å². The summed E-state index contributed by atoms with van der Waals surface area (Å²) in [6, 6.07) is 26.9. The third-order valence-electron chi connectivity index (χ3n) is 10.5. The molecule has 0 saturated heterocycles. The molecule has 1 aliphatic heterocycles. The zero-order chi connectivity index (χ0) is 35.3. The highest BCUT2D eigenvalue weighted by Crippen LogP contribution is 2.53. The second-order valence-corrected chi connectivity index (χ2v) is 15.5. The van der Waals surface area contributed by atoms with Gasteiger partial charge in [-0.2, -0.15) is 8.73 Å². The summed E-state index contributed by atoms with van der Waals surface area (Å²) in [5, 5.41) is 8.76. The van der Waals surface area contributed by atoms with Crippen molar-refractivity contribution in [2.24, 2.45) is 20.6 Å². The van der Waals surface area contributed by atoms with E-state index in [1.165, 1.54) is 65.9 Å². The molecule has 0 bridgehead atoms. The van der Waals surface area contributed by atoms with Gasteiger partial charge in [0.05, 0.1) is 16.9 Å². The maximum Gasteiger partial charge on any atom is 0.146 e. The normalized spacial score (nSPS) is 13.4. The predicted molar refractivity (Wildman–Crippen MR) is 212 cm³/mol. The summed E-state index contributed by atoms with van der Waals surface area (Å²) in [4.78, 5) is 2.22. The molecule has 51 heavy (non-hydrogen) atoms. The highest BCUT2D eigenvalue weighted by Gasteiger charge is 2.28. The predicted octanol–water partition coefficient (Wildman–Crippen LogP) is 13.9. The number of aryl methyl sites for hydroxylation is 2. The van der Waals surface area contributed by atoms with Crippen LogP contribution >= 0.6 is 11.3 Å². The van der Waals surface area contributed by atoms with Gasteiger partial charge in [0.1, 0.15) is 28.2 Å². The van der Waals surface area contributed by atoms with Gasteiger partial charge in [-0.05, 0) is 93.8 Å². The SMILES string of the molecule is CCCCC(CC)CCc1ccc(-c2ccc(-c3c4c(c(-c5ccc(-c6ccc(CCC(C)CC)cc6)s5)c5nonc35)N=S=N4)cc2)c(F)c1. The average Bonchev–Trinajstić information content (AvgIpc) is 3.96. The van der Waals surface area contributed by atoms with Crippen LogP contribution in [0.2, 0.25) is 0 Å². The summed E-state index contributed by atoms with van der Waals surface area (Å²) in [5.74, 6) is 1.26. The summed E-state index contributed by atoms with van der Waals surface area (Å²) in [5.41, 5.74) is 10.5. The lowest BCUT2D eigenvalue weighted by molar-refractivity contribution is 0.315. The highest BCUT2D eigenvalue weighted by atomic mass is 32.1. The lowest BCUT2D eigenvalue weighted by Gasteiger charge is -2.14. The van der Waals surface area contributed by atoms with Gasteiger partial charge in [-0.3, -0.25) is 0 Å². The van der Waals surface area contributed by atoms with Crippen LogP contribution in [-0.4, -0.2) is 10.3 Å². The molecule has 0 aliphatic carbocycles. The number of hydrogen-bond acceptors (Lipinski definition) is 6. The molecule has 0 amide bonds. The molecule has 8 heteroatoms. The van der Waals surface area contributed by atoms with Crippen molar-refractivity contribution in [3.05, 3.63) is 95.8 Å². The molecule has 262 valence electrons. The fourth-order valence-electron chi connectivity index (χ4n) is 7.03. The largest absolute Gasteiger partial charge is 0.243 e. The monoisotopic (exact) mass is 716 g/mol. The molecule has 2 unspecified atom stereocenters. The van der Waals surface area contributed by atoms with Gasteiger partial charge in [-0.1, -0.05) is 120 Å². The van der Waals surface area contributed by atoms with E-state index in [4.69, 9.17) is 13.4 Å². The smallest absolute Gasteiger partial charge is 0.146 e. The number of hydrogen-bond donors (Lipinski definition) is 0. The maximum absolute atomic E-state index is 15.5. The lowest BCUT2D eigenvalue weighted by Crippen LogP contribution is -2.01. The van der Waals surface area contributed by atoms with E-state index < -0.39 is 0 Å². The first-order valence-corrected chi connectivity index (χ1v) is 20.0. The Kier molecular flexibility index (Phi) is 11.0. The summed E-state index contributed by atoms with van der Waals surface area (Å²) in [7, 11) is 0. The van der Waals surface area contributed by atoms with Gasteiger partial charge in [0.15, 0.2) is 0 Å². The van der Waals surface area contributed by atoms with Crippen LogP contribution < -0.4 is 0 Å². The Balaban J connectivity index is 1.14. The Hall–Kier alpha value is -4.27. The zero-order valence-electron chi connectivity index (χ0n) is 29.9. The molecule has 6 aromatic rings. The van der Waals surface area contributed by atoms with Crippen molar-refractivity contribution in [1.29, 1.82) is 0 Å². The number of halogens is 1. The average molecular weight is 717 g/mol. The van der Waals surface area contributed by atoms with Crippen molar-refractivity contribution in [2.45, 2.75) is 85.5 Å². The molecule has 1 aliphatic rings. The summed E-state index contributed by atoms with van der Waals surface area (Å²) >= 11 is 2.89. The molecule has 3 heterocycles. The van der Waals surface area contributed by atoms with E-state index in [0.717, 1.165) is 69.2 Å². The fraction of sp³-hybridized carbons (Fsp3) is 0.349. The molecule has 5 nitrogen and oxygen atoms in total. The minimum atomic E-state index is -0.187. The van der Waals surface area contributed by atoms with Crippen molar-refractivity contribution in [3.8, 4) is 43.1 Å². The Morgan fingerprint density at radius 3 is 2.02 bits per heavy atom. The van der Waals surface area contributed by atoms with Crippen LogP contribution in [0.15, 0.2) is 92.2 Å². The van der Waals surface area contributed by atoms with Gasteiger partial charge in [0.2, 0.25) is 0 Å². The Bertz CT molecular complexity index is 2200. The topological polar surface area (TPSA) is 63.6 Å². The minimum absolute atomic E-state index is 0.187. The van der Waals surface area contributed by atoms with Crippen LogP contribution in [0.4, 0.5) is 15.8 Å². The molecule has 0 radical (unpaired) electrons. The third kappa shape index (κ3) is 7.54. The first-order chi connectivity index (χ1) is 25.0. The van der Waals surface area contributed by atoms with E-state index in [2.05, 4.69) is 80.5 Å². The molecular formula is C43H45FN4OS2. The number of nitrogens with zero attached hydrogens (tertiary/aromatic N) is 4. The minimum Gasteiger partial charge on any atom is -0.243 e. The van der Waals surface area contributed by atoms with Gasteiger partial charge in [-0.15, -0.1) is 11.3 Å². The van der Waals surface area contributed by atoms with E-state index in [1.807, 2.05) is 30.3 Å². The molecule has 0 fully saturated rings. The lowest BCUT2D eigenvalue weighted by atomic mass is 9.91. The molecular weight excluding hydrogens is 672 g/mol. The maximum atomic E-state index is 15.5. The fourth-order valence-corrected chi connectivity index (χ4v) is 8.64. The van der Waals surface area contributed by atoms with E-state index >= 15 is 4.39 Å². The van der Waals surface area contributed by atoms with E-state index in [9.17, 15) is 0 Å². The second-order valence-electron chi connectivity index (χ2n) is 13.9. The van der Waals surface area contributed by atoms with Crippen LogP contribution in [0.5, 0.6) is 0 Å². The van der Waals surface area contributed by atoms with Crippen LogP contribution in [0.1, 0.15) is 83.8 Å². The summed E-state index contributed by atoms with van der Waals surface area (Å²) in [6.07, 6.45) is 10.5. The van der Waals surface area contributed by atoms with Gasteiger partial charge in [0.25, 0.3) is 0 Å². The van der Waals surface area contributed by atoms with Gasteiger partial charge in [0, 0.05) is 20.9 Å². The number of unbranched alkanes of at least 4 members (excludes halogenated alkanes) is 1. The zero-order valence-corrected chi connectivity index (χ0v) is 31.5. The van der Waals surface area contributed by atoms with Crippen molar-refractivity contribution in [1.82, 2.24) is 10.3 Å². The number of benzene rings is 4. The van der Waals surface area contributed by atoms with Gasteiger partial charge >= 0.3 is 0 Å². The van der Waals surface area contributed by atoms with Crippen LogP contribution in [0, 0.1) is 17.7 Å². The highest BCUT2D eigenvalue weighted by molar-refractivity contribution is 7.58. The second kappa shape index (κ2) is 16.0. The molecule has 0 N–H and O–H groups in total. The quantitative estimate of drug-likeness (QED) is 0.106. The van der Waals surface area contributed by atoms with E-state index in [0.29, 0.717) is 22.5 Å². The number of fused-ring (bicyclic) bond motifs is 2. The van der Waals surface area contributed by atoms with Crippen LogP contribution in [0.25, 0.3) is 54.2 Å². The standard InChI is InChI=1S/C43H45FN4OS2/c1-5-8-9-28(7-3)12-13-30-16-23-34(35(44)26-30)31-19-21-33(22-20-31)38-40-41(46-49-45-40)39(43-42(38)47-51-48-43)37-25-24-36(50-37)32-17-14-29(15-18-32)11-10-27(4)6-2/h14-28H,5-13H2,1-4H3. The van der Waals surface area contributed by atoms with Crippen LogP contribution in [-0.2, 0) is 24.2 Å². The number of rotatable bonds is 15. The third-order valence-corrected chi connectivity index (χ3v) is 12.2. The molecule has 0 saturated carbocycles. The van der Waals surface area contributed by atoms with Crippen molar-refractivity contribution >= 4 is 45.1 Å². The van der Waals surface area contributed by atoms with Crippen molar-refractivity contribution in [2.75, 3.05) is 0 Å². The molecule has 2 atom stereocenters. The van der Waals surface area contributed by atoms with Crippen molar-refractivity contribution in [3.63, 3.8) is 0 Å². The first-order valence-electron chi connectivity index (χ1n) is 18.5. The van der Waals surface area contributed by atoms with Crippen molar-refractivity contribution < 1.29 is 9.02 Å². The first kappa shape index (κ1) is 35.1. The van der Waals surface area contributed by atoms with Crippen LogP contribution in [0.3, 0.4) is 0 Å². The number of thiophene rings is 1. The Labute approximate surface area is 308 Å².